The van der Waals surface area contributed by atoms with E-state index in [1.54, 1.807) is 32.3 Å². The molecule has 21 heavy (non-hydrogen) atoms. The summed E-state index contributed by atoms with van der Waals surface area (Å²) in [5, 5.41) is 5.39. The Kier molecular flexibility index (Phi) is 4.86. The summed E-state index contributed by atoms with van der Waals surface area (Å²) in [7, 11) is 3.29. The number of hydrogen-bond donors (Lipinski definition) is 2. The zero-order valence-corrected chi connectivity index (χ0v) is 12.1. The first-order chi connectivity index (χ1) is 10.1. The number of carbonyl (C=O) groups excluding carboxylic acids is 2. The lowest BCUT2D eigenvalue weighted by Gasteiger charge is -2.19. The predicted octanol–water partition coefficient (Wildman–Crippen LogP) is 1.06. The van der Waals surface area contributed by atoms with Crippen molar-refractivity contribution < 1.29 is 19.1 Å². The van der Waals surface area contributed by atoms with Crippen LogP contribution in [0.5, 0.6) is 11.5 Å². The third-order valence-electron chi connectivity index (χ3n) is 2.86. The van der Waals surface area contributed by atoms with E-state index in [2.05, 4.69) is 10.6 Å². The van der Waals surface area contributed by atoms with Crippen molar-refractivity contribution in [3.63, 3.8) is 0 Å². The maximum absolute atomic E-state index is 11.8. The molecule has 0 aromatic heterocycles. The van der Waals surface area contributed by atoms with Crippen LogP contribution in [-0.4, -0.2) is 50.7 Å². The molecule has 1 aliphatic heterocycles. The third kappa shape index (κ3) is 4.27. The molecule has 0 atom stereocenters. The van der Waals surface area contributed by atoms with Crippen LogP contribution in [0, 0.1) is 0 Å². The first kappa shape index (κ1) is 15.0. The highest BCUT2D eigenvalue weighted by Gasteiger charge is 2.12. The molecule has 3 amide bonds. The fraction of sp³-hybridized carbons (Fsp3) is 0.429. The number of anilines is 1. The van der Waals surface area contributed by atoms with E-state index >= 15 is 0 Å². The summed E-state index contributed by atoms with van der Waals surface area (Å²) in [6, 6.07) is 5.02. The molecule has 1 aliphatic rings. The molecule has 1 heterocycles. The number of carbonyl (C=O) groups is 2. The average Bonchev–Trinajstić information content (AvgIpc) is 2.46. The minimum atomic E-state index is -0.220. The smallest absolute Gasteiger partial charge is 0.316 e. The van der Waals surface area contributed by atoms with E-state index < -0.39 is 0 Å². The van der Waals surface area contributed by atoms with Gasteiger partial charge in [0.05, 0.1) is 0 Å². The van der Waals surface area contributed by atoms with E-state index in [1.807, 2.05) is 0 Å². The lowest BCUT2D eigenvalue weighted by Crippen LogP contribution is -2.36. The highest BCUT2D eigenvalue weighted by atomic mass is 16.6. The van der Waals surface area contributed by atoms with Gasteiger partial charge in [-0.05, 0) is 12.1 Å². The second-order valence-corrected chi connectivity index (χ2v) is 4.78. The van der Waals surface area contributed by atoms with E-state index in [9.17, 15) is 9.59 Å². The van der Waals surface area contributed by atoms with Gasteiger partial charge in [0.25, 0.3) is 0 Å². The quantitative estimate of drug-likeness (QED) is 0.870. The van der Waals surface area contributed by atoms with Crippen molar-refractivity contribution in [2.24, 2.45) is 0 Å². The Bertz CT molecular complexity index is 531. The number of rotatable bonds is 4. The summed E-state index contributed by atoms with van der Waals surface area (Å²) in [5.41, 5.74) is 0.642. The molecule has 2 N–H and O–H groups in total. The van der Waals surface area contributed by atoms with Crippen LogP contribution < -0.4 is 20.1 Å². The van der Waals surface area contributed by atoms with Gasteiger partial charge in [-0.3, -0.25) is 4.79 Å². The van der Waals surface area contributed by atoms with Crippen LogP contribution in [0.2, 0.25) is 0 Å². The number of hydrogen-bond acceptors (Lipinski definition) is 4. The predicted molar refractivity (Wildman–Crippen MR) is 77.8 cm³/mol. The summed E-state index contributed by atoms with van der Waals surface area (Å²) in [6.45, 7) is 1.32. The Hall–Kier alpha value is -2.44. The molecule has 7 heteroatoms. The van der Waals surface area contributed by atoms with Crippen LogP contribution in [0.4, 0.5) is 10.5 Å². The third-order valence-corrected chi connectivity index (χ3v) is 2.86. The van der Waals surface area contributed by atoms with Crippen molar-refractivity contribution in [2.45, 2.75) is 6.42 Å². The number of amides is 3. The van der Waals surface area contributed by atoms with Gasteiger partial charge in [-0.15, -0.1) is 0 Å². The van der Waals surface area contributed by atoms with Gasteiger partial charge in [0, 0.05) is 38.8 Å². The summed E-state index contributed by atoms with van der Waals surface area (Å²) in [4.78, 5) is 24.5. The SMILES string of the molecule is CN(C)C(=O)NCCC(=O)Nc1ccc2c(c1)OCCO2. The molecule has 1 aromatic carbocycles. The molecule has 0 saturated carbocycles. The van der Waals surface area contributed by atoms with Crippen LogP contribution in [0.1, 0.15) is 6.42 Å². The number of fused-ring (bicyclic) bond motifs is 1. The molecular formula is C14H19N3O4. The Morgan fingerprint density at radius 3 is 2.62 bits per heavy atom. The van der Waals surface area contributed by atoms with Crippen LogP contribution in [0.3, 0.4) is 0 Å². The van der Waals surface area contributed by atoms with Crippen molar-refractivity contribution in [3.05, 3.63) is 18.2 Å². The monoisotopic (exact) mass is 293 g/mol. The van der Waals surface area contributed by atoms with E-state index in [1.165, 1.54) is 4.90 Å². The second kappa shape index (κ2) is 6.83. The average molecular weight is 293 g/mol. The van der Waals surface area contributed by atoms with E-state index in [-0.39, 0.29) is 24.9 Å². The standard InChI is InChI=1S/C14H19N3O4/c1-17(2)14(19)15-6-5-13(18)16-10-3-4-11-12(9-10)21-8-7-20-11/h3-4,9H,5-8H2,1-2H3,(H,15,19)(H,16,18). The maximum atomic E-state index is 11.8. The summed E-state index contributed by atoms with van der Waals surface area (Å²) in [5.74, 6) is 1.13. The Balaban J connectivity index is 1.81. The molecular weight excluding hydrogens is 274 g/mol. The number of ether oxygens (including phenoxy) is 2. The number of nitrogens with one attached hydrogen (secondary N) is 2. The molecule has 1 aromatic rings. The summed E-state index contributed by atoms with van der Waals surface area (Å²) >= 11 is 0. The first-order valence-electron chi connectivity index (χ1n) is 6.71. The number of urea groups is 1. The zero-order valence-electron chi connectivity index (χ0n) is 12.1. The molecule has 0 bridgehead atoms. The van der Waals surface area contributed by atoms with E-state index in [0.29, 0.717) is 30.4 Å². The van der Waals surface area contributed by atoms with Crippen molar-refractivity contribution in [1.82, 2.24) is 10.2 Å². The van der Waals surface area contributed by atoms with Crippen LogP contribution in [-0.2, 0) is 4.79 Å². The summed E-state index contributed by atoms with van der Waals surface area (Å²) < 4.78 is 10.9. The number of benzene rings is 1. The Morgan fingerprint density at radius 2 is 1.90 bits per heavy atom. The largest absolute Gasteiger partial charge is 0.486 e. The molecule has 0 spiro atoms. The topological polar surface area (TPSA) is 79.9 Å². The minimum Gasteiger partial charge on any atom is -0.486 e. The van der Waals surface area contributed by atoms with E-state index in [0.717, 1.165) is 0 Å². The molecule has 2 rings (SSSR count). The molecule has 0 unspecified atom stereocenters. The van der Waals surface area contributed by atoms with Gasteiger partial charge < -0.3 is 25.0 Å². The van der Waals surface area contributed by atoms with Gasteiger partial charge in [-0.2, -0.15) is 0 Å². The van der Waals surface area contributed by atoms with Gasteiger partial charge >= 0.3 is 6.03 Å². The molecule has 0 aliphatic carbocycles. The first-order valence-corrected chi connectivity index (χ1v) is 6.71. The Labute approximate surface area is 123 Å². The van der Waals surface area contributed by atoms with E-state index in [4.69, 9.17) is 9.47 Å². The minimum absolute atomic E-state index is 0.175. The molecule has 114 valence electrons. The fourth-order valence-electron chi connectivity index (χ4n) is 1.79. The molecule has 7 nitrogen and oxygen atoms in total. The van der Waals surface area contributed by atoms with Crippen molar-refractivity contribution >= 4 is 17.6 Å². The highest BCUT2D eigenvalue weighted by molar-refractivity contribution is 5.91. The second-order valence-electron chi connectivity index (χ2n) is 4.78. The Morgan fingerprint density at radius 1 is 1.19 bits per heavy atom. The lowest BCUT2D eigenvalue weighted by atomic mass is 10.2. The van der Waals surface area contributed by atoms with Gasteiger partial charge in [-0.1, -0.05) is 0 Å². The zero-order chi connectivity index (χ0) is 15.2. The normalized spacial score (nSPS) is 12.5. The number of nitrogens with zero attached hydrogens (tertiary/aromatic N) is 1. The van der Waals surface area contributed by atoms with Gasteiger partial charge in [0.2, 0.25) is 5.91 Å². The van der Waals surface area contributed by atoms with Crippen molar-refractivity contribution in [1.29, 1.82) is 0 Å². The lowest BCUT2D eigenvalue weighted by molar-refractivity contribution is -0.116. The highest BCUT2D eigenvalue weighted by Crippen LogP contribution is 2.32. The maximum Gasteiger partial charge on any atom is 0.316 e. The molecule has 0 saturated heterocycles. The van der Waals surface area contributed by atoms with Crippen molar-refractivity contribution in [2.75, 3.05) is 39.2 Å². The van der Waals surface area contributed by atoms with Crippen LogP contribution in [0.25, 0.3) is 0 Å². The molecule has 0 fully saturated rings. The van der Waals surface area contributed by atoms with Gasteiger partial charge in [-0.25, -0.2) is 4.79 Å². The van der Waals surface area contributed by atoms with Crippen LogP contribution in [0.15, 0.2) is 18.2 Å². The van der Waals surface area contributed by atoms with Crippen LogP contribution >= 0.6 is 0 Å². The van der Waals surface area contributed by atoms with Gasteiger partial charge in [0.1, 0.15) is 13.2 Å². The van der Waals surface area contributed by atoms with Crippen molar-refractivity contribution in [3.8, 4) is 11.5 Å². The summed E-state index contributed by atoms with van der Waals surface area (Å²) in [6.07, 6.45) is 0.202. The fourth-order valence-corrected chi connectivity index (χ4v) is 1.79. The molecule has 0 radical (unpaired) electrons. The van der Waals surface area contributed by atoms with Gasteiger partial charge in [0.15, 0.2) is 11.5 Å².